The number of aromatic nitrogens is 3. The van der Waals surface area contributed by atoms with Crippen molar-refractivity contribution in [3.8, 4) is 22.9 Å². The first-order valence-electron chi connectivity index (χ1n) is 8.13. The lowest BCUT2D eigenvalue weighted by atomic mass is 10.1. The number of benzene rings is 2. The van der Waals surface area contributed by atoms with Crippen LogP contribution >= 0.6 is 0 Å². The molecule has 0 fully saturated rings. The van der Waals surface area contributed by atoms with Crippen LogP contribution in [0, 0.1) is 12.7 Å². The van der Waals surface area contributed by atoms with Crippen LogP contribution in [0.3, 0.4) is 0 Å². The van der Waals surface area contributed by atoms with Gasteiger partial charge in [-0.25, -0.2) is 9.37 Å². The fourth-order valence-corrected chi connectivity index (χ4v) is 2.67. The number of rotatable bonds is 5. The highest BCUT2D eigenvalue weighted by atomic mass is 19.1. The smallest absolute Gasteiger partial charge is 0.240 e. The molecule has 2 heterocycles. The van der Waals surface area contributed by atoms with Crippen molar-refractivity contribution in [1.82, 2.24) is 14.7 Å². The van der Waals surface area contributed by atoms with Gasteiger partial charge in [-0.2, -0.15) is 0 Å². The first kappa shape index (κ1) is 16.1. The van der Waals surface area contributed by atoms with Gasteiger partial charge < -0.3 is 9.26 Å². The molecule has 5 nitrogen and oxygen atoms in total. The number of hydrogen-bond donors (Lipinski definition) is 0. The summed E-state index contributed by atoms with van der Waals surface area (Å²) >= 11 is 0. The summed E-state index contributed by atoms with van der Waals surface area (Å²) in [6, 6.07) is 13.9. The van der Waals surface area contributed by atoms with E-state index < -0.39 is 0 Å². The summed E-state index contributed by atoms with van der Waals surface area (Å²) in [5.41, 5.74) is 3.56. The van der Waals surface area contributed by atoms with Crippen molar-refractivity contribution in [2.75, 3.05) is 0 Å². The van der Waals surface area contributed by atoms with E-state index in [-0.39, 0.29) is 5.82 Å². The van der Waals surface area contributed by atoms with E-state index in [9.17, 15) is 4.39 Å². The predicted octanol–water partition coefficient (Wildman–Crippen LogP) is 4.55. The minimum absolute atomic E-state index is 0.254. The Labute approximate surface area is 149 Å². The lowest BCUT2D eigenvalue weighted by Crippen LogP contribution is -1.95. The van der Waals surface area contributed by atoms with Crippen molar-refractivity contribution in [1.29, 1.82) is 0 Å². The van der Waals surface area contributed by atoms with Crippen molar-refractivity contribution in [3.05, 3.63) is 84.2 Å². The fourth-order valence-electron chi connectivity index (χ4n) is 2.67. The van der Waals surface area contributed by atoms with Gasteiger partial charge in [-0.1, -0.05) is 17.3 Å². The molecule has 0 unspecified atom stereocenters. The summed E-state index contributed by atoms with van der Waals surface area (Å²) in [7, 11) is 0. The Bertz CT molecular complexity index is 991. The Morgan fingerprint density at radius 1 is 1.08 bits per heavy atom. The largest absolute Gasteiger partial charge is 0.489 e. The predicted molar refractivity (Wildman–Crippen MR) is 94.5 cm³/mol. The van der Waals surface area contributed by atoms with E-state index in [1.165, 1.54) is 12.1 Å². The Balaban J connectivity index is 1.48. The van der Waals surface area contributed by atoms with Crippen LogP contribution in [0.15, 0.2) is 71.8 Å². The third-order valence-corrected chi connectivity index (χ3v) is 4.08. The molecule has 0 aliphatic rings. The van der Waals surface area contributed by atoms with E-state index in [4.69, 9.17) is 9.26 Å². The van der Waals surface area contributed by atoms with Gasteiger partial charge in [0.15, 0.2) is 0 Å². The van der Waals surface area contributed by atoms with E-state index in [0.29, 0.717) is 12.5 Å². The fraction of sp³-hybridized carbons (Fsp3) is 0.100. The molecule has 0 saturated heterocycles. The zero-order valence-electron chi connectivity index (χ0n) is 14.1. The van der Waals surface area contributed by atoms with Crippen molar-refractivity contribution in [2.45, 2.75) is 13.5 Å². The molecule has 0 radical (unpaired) electrons. The van der Waals surface area contributed by atoms with Gasteiger partial charge in [0.25, 0.3) is 0 Å². The number of imidazole rings is 1. The maximum absolute atomic E-state index is 12.9. The number of nitrogens with zero attached hydrogens (tertiary/aromatic N) is 3. The maximum Gasteiger partial charge on any atom is 0.240 e. The summed E-state index contributed by atoms with van der Waals surface area (Å²) < 4.78 is 25.9. The summed E-state index contributed by atoms with van der Waals surface area (Å²) in [5, 5.41) is 4.17. The molecule has 2 aromatic carbocycles. The quantitative estimate of drug-likeness (QED) is 0.530. The monoisotopic (exact) mass is 349 g/mol. The average molecular weight is 349 g/mol. The molecule has 2 aromatic heterocycles. The molecule has 0 amide bonds. The topological polar surface area (TPSA) is 53.1 Å². The summed E-state index contributed by atoms with van der Waals surface area (Å²) in [6.45, 7) is 2.34. The Morgan fingerprint density at radius 2 is 1.85 bits per heavy atom. The standard InChI is InChI=1S/C20H16FN3O2/c1-14-19(23-26-20(14)24-11-10-22-13-24)16-4-8-18(9-5-16)25-12-15-2-6-17(21)7-3-15/h2-11,13H,12H2,1H3. The van der Waals surface area contributed by atoms with Gasteiger partial charge in [-0.3, -0.25) is 4.57 Å². The summed E-state index contributed by atoms with van der Waals surface area (Å²) in [6.07, 6.45) is 5.17. The Morgan fingerprint density at radius 3 is 2.54 bits per heavy atom. The molecule has 0 spiro atoms. The molecule has 0 N–H and O–H groups in total. The van der Waals surface area contributed by atoms with Gasteiger partial charge in [0.2, 0.25) is 5.88 Å². The maximum atomic E-state index is 12.9. The minimum Gasteiger partial charge on any atom is -0.489 e. The van der Waals surface area contributed by atoms with Crippen molar-refractivity contribution in [3.63, 3.8) is 0 Å². The van der Waals surface area contributed by atoms with Crippen molar-refractivity contribution >= 4 is 0 Å². The number of halogens is 1. The van der Waals surface area contributed by atoms with Crippen LogP contribution in [0.5, 0.6) is 5.75 Å². The average Bonchev–Trinajstić information content (AvgIpc) is 3.31. The van der Waals surface area contributed by atoms with Crippen molar-refractivity contribution in [2.24, 2.45) is 0 Å². The van der Waals surface area contributed by atoms with Gasteiger partial charge >= 0.3 is 0 Å². The van der Waals surface area contributed by atoms with E-state index in [1.54, 1.807) is 29.2 Å². The second-order valence-corrected chi connectivity index (χ2v) is 5.87. The number of hydrogen-bond acceptors (Lipinski definition) is 4. The molecule has 0 bridgehead atoms. The Hall–Kier alpha value is -3.41. The molecule has 0 aliphatic heterocycles. The molecular formula is C20H16FN3O2. The lowest BCUT2D eigenvalue weighted by Gasteiger charge is -2.07. The van der Waals surface area contributed by atoms with Crippen LogP contribution in [-0.2, 0) is 6.61 Å². The van der Waals surface area contributed by atoms with Crippen LogP contribution in [0.25, 0.3) is 17.1 Å². The minimum atomic E-state index is -0.254. The molecule has 0 atom stereocenters. The normalized spacial score (nSPS) is 10.8. The van der Waals surface area contributed by atoms with E-state index in [1.807, 2.05) is 37.4 Å². The third kappa shape index (κ3) is 3.21. The second kappa shape index (κ2) is 6.84. The molecule has 4 rings (SSSR count). The van der Waals surface area contributed by atoms with Crippen LogP contribution < -0.4 is 4.74 Å². The molecule has 130 valence electrons. The van der Waals surface area contributed by atoms with Crippen LogP contribution in [0.4, 0.5) is 4.39 Å². The highest BCUT2D eigenvalue weighted by Crippen LogP contribution is 2.28. The Kier molecular flexibility index (Phi) is 4.23. The summed E-state index contributed by atoms with van der Waals surface area (Å²) in [4.78, 5) is 4.02. The molecule has 0 aliphatic carbocycles. The van der Waals surface area contributed by atoms with E-state index >= 15 is 0 Å². The lowest BCUT2D eigenvalue weighted by molar-refractivity contribution is 0.306. The highest BCUT2D eigenvalue weighted by Gasteiger charge is 2.15. The zero-order chi connectivity index (χ0) is 17.9. The molecule has 26 heavy (non-hydrogen) atoms. The number of ether oxygens (including phenoxy) is 1. The van der Waals surface area contributed by atoms with Crippen LogP contribution in [-0.4, -0.2) is 14.7 Å². The van der Waals surface area contributed by atoms with Gasteiger partial charge in [0.05, 0.1) is 0 Å². The van der Waals surface area contributed by atoms with Gasteiger partial charge in [0.1, 0.15) is 30.2 Å². The van der Waals surface area contributed by atoms with E-state index in [0.717, 1.165) is 28.1 Å². The van der Waals surface area contributed by atoms with E-state index in [2.05, 4.69) is 10.1 Å². The van der Waals surface area contributed by atoms with Gasteiger partial charge in [0, 0.05) is 23.5 Å². The third-order valence-electron chi connectivity index (χ3n) is 4.08. The molecule has 0 saturated carbocycles. The zero-order valence-corrected chi connectivity index (χ0v) is 14.1. The first-order valence-corrected chi connectivity index (χ1v) is 8.13. The SMILES string of the molecule is Cc1c(-c2ccc(OCc3ccc(F)cc3)cc2)noc1-n1ccnc1. The second-order valence-electron chi connectivity index (χ2n) is 5.87. The van der Waals surface area contributed by atoms with Crippen LogP contribution in [0.1, 0.15) is 11.1 Å². The molecular weight excluding hydrogens is 333 g/mol. The molecule has 4 aromatic rings. The summed E-state index contributed by atoms with van der Waals surface area (Å²) in [5.74, 6) is 1.12. The highest BCUT2D eigenvalue weighted by molar-refractivity contribution is 5.65. The van der Waals surface area contributed by atoms with Gasteiger partial charge in [-0.05, 0) is 48.9 Å². The van der Waals surface area contributed by atoms with Crippen molar-refractivity contribution < 1.29 is 13.7 Å². The van der Waals surface area contributed by atoms with Crippen LogP contribution in [0.2, 0.25) is 0 Å². The first-order chi connectivity index (χ1) is 12.7. The van der Waals surface area contributed by atoms with Gasteiger partial charge in [-0.15, -0.1) is 0 Å². The molecule has 6 heteroatoms.